The summed E-state index contributed by atoms with van der Waals surface area (Å²) in [5.74, 6) is 0.744. The Labute approximate surface area is 114 Å². The molecular formula is C13H24N4O2. The van der Waals surface area contributed by atoms with E-state index in [4.69, 9.17) is 4.74 Å². The van der Waals surface area contributed by atoms with Crippen molar-refractivity contribution in [2.45, 2.75) is 19.4 Å². The summed E-state index contributed by atoms with van der Waals surface area (Å²) in [5.41, 5.74) is 1.94. The van der Waals surface area contributed by atoms with Gasteiger partial charge in [-0.3, -0.25) is 4.90 Å². The molecule has 2 heterocycles. The van der Waals surface area contributed by atoms with Gasteiger partial charge in [-0.15, -0.1) is 0 Å². The molecule has 6 heteroatoms. The highest BCUT2D eigenvalue weighted by molar-refractivity contribution is 5.34. The van der Waals surface area contributed by atoms with Crippen LogP contribution in [-0.4, -0.2) is 59.7 Å². The van der Waals surface area contributed by atoms with Crippen LogP contribution in [0.5, 0.6) is 5.88 Å². The quantitative estimate of drug-likeness (QED) is 0.809. The van der Waals surface area contributed by atoms with E-state index < -0.39 is 0 Å². The maximum absolute atomic E-state index is 9.82. The van der Waals surface area contributed by atoms with E-state index in [1.54, 1.807) is 11.8 Å². The summed E-state index contributed by atoms with van der Waals surface area (Å²) in [4.78, 5) is 2.31. The molecule has 1 saturated heterocycles. The first-order valence-electron chi connectivity index (χ1n) is 6.82. The van der Waals surface area contributed by atoms with Gasteiger partial charge in [-0.1, -0.05) is 0 Å². The maximum atomic E-state index is 9.82. The Bertz CT molecular complexity index is 411. The zero-order valence-electron chi connectivity index (χ0n) is 12.0. The third-order valence-corrected chi connectivity index (χ3v) is 3.73. The molecule has 0 aromatic carbocycles. The zero-order chi connectivity index (χ0) is 13.8. The van der Waals surface area contributed by atoms with Gasteiger partial charge >= 0.3 is 0 Å². The third-order valence-electron chi connectivity index (χ3n) is 3.73. The van der Waals surface area contributed by atoms with Gasteiger partial charge in [0.25, 0.3) is 0 Å². The number of methoxy groups -OCH3 is 1. The molecule has 0 radical (unpaired) electrons. The second-order valence-corrected chi connectivity index (χ2v) is 4.97. The Morgan fingerprint density at radius 2 is 2.21 bits per heavy atom. The van der Waals surface area contributed by atoms with E-state index in [-0.39, 0.29) is 12.6 Å². The molecule has 1 fully saturated rings. The highest BCUT2D eigenvalue weighted by atomic mass is 16.5. The minimum Gasteiger partial charge on any atom is -0.481 e. The molecule has 1 unspecified atom stereocenters. The lowest BCUT2D eigenvalue weighted by Gasteiger charge is -2.29. The number of aryl methyl sites for hydroxylation is 2. The molecule has 1 atom stereocenters. The molecule has 2 rings (SSSR count). The number of rotatable bonds is 4. The van der Waals surface area contributed by atoms with E-state index >= 15 is 0 Å². The van der Waals surface area contributed by atoms with Crippen LogP contribution < -0.4 is 10.1 Å². The summed E-state index contributed by atoms with van der Waals surface area (Å²) in [6.07, 6.45) is 1.10. The number of ether oxygens (including phenoxy) is 1. The summed E-state index contributed by atoms with van der Waals surface area (Å²) >= 11 is 0. The van der Waals surface area contributed by atoms with Crippen molar-refractivity contribution in [1.82, 2.24) is 20.0 Å². The van der Waals surface area contributed by atoms with E-state index in [0.717, 1.165) is 49.7 Å². The molecule has 0 amide bonds. The van der Waals surface area contributed by atoms with Gasteiger partial charge in [0.1, 0.15) is 0 Å². The van der Waals surface area contributed by atoms with Gasteiger partial charge in [0.15, 0.2) is 0 Å². The van der Waals surface area contributed by atoms with Gasteiger partial charge < -0.3 is 15.2 Å². The fourth-order valence-electron chi connectivity index (χ4n) is 2.85. The van der Waals surface area contributed by atoms with Crippen molar-refractivity contribution in [2.75, 3.05) is 39.9 Å². The standard InChI is InChI=1S/C13H24N4O2/c1-10-12(13(19-3)16(2)15-10)11(9-18)17-7-4-5-14-6-8-17/h11,14,18H,4-9H2,1-3H3. The smallest absolute Gasteiger partial charge is 0.216 e. The summed E-state index contributed by atoms with van der Waals surface area (Å²) in [6, 6.07) is -0.0384. The van der Waals surface area contributed by atoms with E-state index in [0.29, 0.717) is 0 Å². The van der Waals surface area contributed by atoms with Crippen LogP contribution in [0.15, 0.2) is 0 Å². The number of hydrogen-bond acceptors (Lipinski definition) is 5. The van der Waals surface area contributed by atoms with Crippen LogP contribution in [0.4, 0.5) is 0 Å². The molecule has 0 spiro atoms. The second-order valence-electron chi connectivity index (χ2n) is 4.97. The van der Waals surface area contributed by atoms with Crippen LogP contribution in [0.25, 0.3) is 0 Å². The normalized spacial score (nSPS) is 19.2. The molecule has 1 aromatic heterocycles. The Balaban J connectivity index is 2.30. The summed E-state index contributed by atoms with van der Waals surface area (Å²) < 4.78 is 7.19. The number of nitrogens with one attached hydrogen (secondary N) is 1. The monoisotopic (exact) mass is 268 g/mol. The number of aliphatic hydroxyl groups excluding tert-OH is 1. The van der Waals surface area contributed by atoms with Gasteiger partial charge in [-0.2, -0.15) is 5.10 Å². The molecule has 0 aliphatic carbocycles. The van der Waals surface area contributed by atoms with Crippen molar-refractivity contribution in [3.05, 3.63) is 11.3 Å². The maximum Gasteiger partial charge on any atom is 0.216 e. The van der Waals surface area contributed by atoms with Gasteiger partial charge in [-0.05, 0) is 19.9 Å². The van der Waals surface area contributed by atoms with Crippen molar-refractivity contribution in [1.29, 1.82) is 0 Å². The first-order valence-corrected chi connectivity index (χ1v) is 6.82. The first-order chi connectivity index (χ1) is 9.19. The van der Waals surface area contributed by atoms with Crippen LogP contribution in [0, 0.1) is 6.92 Å². The van der Waals surface area contributed by atoms with E-state index in [1.165, 1.54) is 0 Å². The number of aromatic nitrogens is 2. The Hall–Kier alpha value is -1.11. The molecule has 2 N–H and O–H groups in total. The fraction of sp³-hybridized carbons (Fsp3) is 0.769. The van der Waals surface area contributed by atoms with Crippen LogP contribution in [0.3, 0.4) is 0 Å². The molecular weight excluding hydrogens is 244 g/mol. The minimum atomic E-state index is -0.0384. The predicted octanol–water partition coefficient (Wildman–Crippen LogP) is 0.0658. The van der Waals surface area contributed by atoms with E-state index in [9.17, 15) is 5.11 Å². The predicted molar refractivity (Wildman–Crippen MR) is 73.4 cm³/mol. The van der Waals surface area contributed by atoms with E-state index in [1.807, 2.05) is 14.0 Å². The third kappa shape index (κ3) is 2.91. The topological polar surface area (TPSA) is 62.6 Å². The Kier molecular flexibility index (Phi) is 4.79. The van der Waals surface area contributed by atoms with Crippen LogP contribution in [-0.2, 0) is 7.05 Å². The molecule has 108 valence electrons. The zero-order valence-corrected chi connectivity index (χ0v) is 12.0. The van der Waals surface area contributed by atoms with Crippen LogP contribution in [0.2, 0.25) is 0 Å². The highest BCUT2D eigenvalue weighted by Crippen LogP contribution is 2.31. The fourth-order valence-corrected chi connectivity index (χ4v) is 2.85. The van der Waals surface area contributed by atoms with Crippen molar-refractivity contribution in [2.24, 2.45) is 7.05 Å². The summed E-state index contributed by atoms with van der Waals surface area (Å²) in [6.45, 7) is 5.97. The molecule has 1 aliphatic rings. The SMILES string of the molecule is COc1c(C(CO)N2CCCNCC2)c(C)nn1C. The van der Waals surface area contributed by atoms with Crippen molar-refractivity contribution in [3.8, 4) is 5.88 Å². The summed E-state index contributed by atoms with van der Waals surface area (Å²) in [7, 11) is 3.52. The average Bonchev–Trinajstić information content (AvgIpc) is 2.61. The van der Waals surface area contributed by atoms with Gasteiger partial charge in [0, 0.05) is 26.7 Å². The lowest BCUT2D eigenvalue weighted by Crippen LogP contribution is -2.34. The van der Waals surface area contributed by atoms with Gasteiger partial charge in [-0.25, -0.2) is 4.68 Å². The highest BCUT2D eigenvalue weighted by Gasteiger charge is 2.28. The second kappa shape index (κ2) is 6.36. The number of aliphatic hydroxyl groups is 1. The van der Waals surface area contributed by atoms with Gasteiger partial charge in [0.05, 0.1) is 31.0 Å². The van der Waals surface area contributed by atoms with Crippen molar-refractivity contribution in [3.63, 3.8) is 0 Å². The van der Waals surface area contributed by atoms with Crippen molar-refractivity contribution >= 4 is 0 Å². The first kappa shape index (κ1) is 14.3. The average molecular weight is 268 g/mol. The molecule has 0 bridgehead atoms. The lowest BCUT2D eigenvalue weighted by molar-refractivity contribution is 0.127. The van der Waals surface area contributed by atoms with Crippen LogP contribution >= 0.6 is 0 Å². The Morgan fingerprint density at radius 3 is 2.89 bits per heavy atom. The van der Waals surface area contributed by atoms with Gasteiger partial charge in [0.2, 0.25) is 5.88 Å². The summed E-state index contributed by atoms with van der Waals surface area (Å²) in [5, 5.41) is 17.6. The van der Waals surface area contributed by atoms with Crippen molar-refractivity contribution < 1.29 is 9.84 Å². The minimum absolute atomic E-state index is 0.0384. The molecule has 1 aliphatic heterocycles. The Morgan fingerprint density at radius 1 is 1.42 bits per heavy atom. The number of nitrogens with zero attached hydrogens (tertiary/aromatic N) is 3. The molecule has 6 nitrogen and oxygen atoms in total. The van der Waals surface area contributed by atoms with Crippen LogP contribution in [0.1, 0.15) is 23.7 Å². The lowest BCUT2D eigenvalue weighted by atomic mass is 10.1. The largest absolute Gasteiger partial charge is 0.481 e. The number of hydrogen-bond donors (Lipinski definition) is 2. The van der Waals surface area contributed by atoms with E-state index in [2.05, 4.69) is 15.3 Å². The molecule has 0 saturated carbocycles. The molecule has 19 heavy (non-hydrogen) atoms. The molecule has 1 aromatic rings.